The Balaban J connectivity index is 1.56. The van der Waals surface area contributed by atoms with E-state index in [1.807, 2.05) is 0 Å². The van der Waals surface area contributed by atoms with Crippen molar-refractivity contribution < 1.29 is 40.7 Å². The summed E-state index contributed by atoms with van der Waals surface area (Å²) in [6.07, 6.45) is -5.33. The molecule has 44 heavy (non-hydrogen) atoms. The van der Waals surface area contributed by atoms with Crippen molar-refractivity contribution >= 4 is 50.7 Å². The van der Waals surface area contributed by atoms with Crippen LogP contribution in [0, 0.1) is 0 Å². The van der Waals surface area contributed by atoms with Crippen LogP contribution in [0.3, 0.4) is 0 Å². The fourth-order valence-electron chi connectivity index (χ4n) is 5.27. The predicted octanol–water partition coefficient (Wildman–Crippen LogP) is 5.90. The Kier molecular flexibility index (Phi) is 9.60. The molecule has 2 aliphatic rings. The van der Waals surface area contributed by atoms with Gasteiger partial charge in [-0.25, -0.2) is 13.2 Å². The van der Waals surface area contributed by atoms with E-state index in [1.165, 1.54) is 37.1 Å². The normalized spacial score (nSPS) is 17.4. The summed E-state index contributed by atoms with van der Waals surface area (Å²) in [5.74, 6) is -1.16. The molecule has 2 aromatic rings. The molecule has 2 aliphatic heterocycles. The van der Waals surface area contributed by atoms with Crippen LogP contribution in [0.5, 0.6) is 0 Å². The fourth-order valence-corrected chi connectivity index (χ4v) is 6.82. The van der Waals surface area contributed by atoms with E-state index in [1.54, 1.807) is 25.7 Å². The fraction of sp³-hybridized carbons (Fsp3) is 0.517. The lowest BCUT2D eigenvalue weighted by atomic mass is 9.90. The minimum absolute atomic E-state index is 0.0723. The molecule has 242 valence electrons. The number of hydrogen-bond donors (Lipinski definition) is 0. The van der Waals surface area contributed by atoms with Gasteiger partial charge in [0.15, 0.2) is 9.84 Å². The maximum Gasteiger partial charge on any atom is 0.416 e. The number of morpholine rings is 1. The zero-order chi connectivity index (χ0) is 32.8. The Morgan fingerprint density at radius 2 is 1.75 bits per heavy atom. The molecule has 2 saturated heterocycles. The first-order chi connectivity index (χ1) is 20.2. The number of ether oxygens (including phenoxy) is 2. The number of anilines is 1. The Labute approximate surface area is 264 Å². The predicted molar refractivity (Wildman–Crippen MR) is 160 cm³/mol. The average Bonchev–Trinajstić information content (AvgIpc) is 2.90. The van der Waals surface area contributed by atoms with E-state index in [0.29, 0.717) is 6.54 Å². The van der Waals surface area contributed by atoms with E-state index in [0.717, 1.165) is 17.0 Å². The number of likely N-dealkylation sites (tertiary alicyclic amines) is 1. The van der Waals surface area contributed by atoms with Gasteiger partial charge < -0.3 is 19.3 Å². The van der Waals surface area contributed by atoms with Crippen LogP contribution in [0.15, 0.2) is 35.2 Å². The van der Waals surface area contributed by atoms with Crippen molar-refractivity contribution in [3.05, 3.63) is 57.1 Å². The van der Waals surface area contributed by atoms with Gasteiger partial charge in [-0.05, 0) is 56.7 Å². The first-order valence-corrected chi connectivity index (χ1v) is 16.2. The number of rotatable bonds is 6. The minimum atomic E-state index is -4.85. The highest BCUT2D eigenvalue weighted by molar-refractivity contribution is 7.91. The van der Waals surface area contributed by atoms with Gasteiger partial charge in [0.2, 0.25) is 0 Å². The zero-order valence-corrected chi connectivity index (χ0v) is 27.3. The molecule has 2 amide bonds. The molecule has 0 atom stereocenters. The van der Waals surface area contributed by atoms with Gasteiger partial charge in [0.25, 0.3) is 5.91 Å². The lowest BCUT2D eigenvalue weighted by Gasteiger charge is -2.53. The van der Waals surface area contributed by atoms with Gasteiger partial charge in [-0.15, -0.1) is 0 Å². The molecular weight excluding hydrogens is 646 g/mol. The Hall–Kier alpha value is -2.58. The second-order valence-electron chi connectivity index (χ2n) is 11.9. The van der Waals surface area contributed by atoms with Gasteiger partial charge in [0.05, 0.1) is 35.1 Å². The van der Waals surface area contributed by atoms with Crippen molar-refractivity contribution in [2.75, 3.05) is 50.5 Å². The van der Waals surface area contributed by atoms with Crippen molar-refractivity contribution in [3.8, 4) is 0 Å². The van der Waals surface area contributed by atoms with Crippen LogP contribution < -0.4 is 4.90 Å². The number of alkyl halides is 3. The summed E-state index contributed by atoms with van der Waals surface area (Å²) in [5, 5.41) is -0.132. The minimum Gasteiger partial charge on any atom is -0.444 e. The number of hydrogen-bond acceptors (Lipinski definition) is 7. The number of carbonyl (C=O) groups is 2. The van der Waals surface area contributed by atoms with E-state index in [9.17, 15) is 31.2 Å². The molecule has 2 heterocycles. The molecule has 15 heteroatoms. The molecule has 1 spiro atoms. The maximum atomic E-state index is 14.3. The molecule has 0 bridgehead atoms. The monoisotopic (exact) mass is 679 g/mol. The standard InChI is InChI=1S/C29H34Cl2F3N3O6S/c1-6-44(40,41)24-8-7-19(30)13-23(24)35(5)25(38)18-11-21(29(32,33)34)20(22(31)12-18)14-36-15-28(16-36)17-37(9-10-42-28)26(39)43-27(2,3)4/h7-8,11-13H,6,9-10,14-17H2,1-5H3. The van der Waals surface area contributed by atoms with Crippen LogP contribution in [0.4, 0.5) is 23.7 Å². The number of nitrogens with zero attached hydrogens (tertiary/aromatic N) is 3. The van der Waals surface area contributed by atoms with Crippen LogP contribution in [-0.2, 0) is 32.0 Å². The van der Waals surface area contributed by atoms with E-state index < -0.39 is 44.8 Å². The van der Waals surface area contributed by atoms with Crippen molar-refractivity contribution in [3.63, 3.8) is 0 Å². The highest BCUT2D eigenvalue weighted by Gasteiger charge is 2.49. The molecule has 9 nitrogen and oxygen atoms in total. The molecule has 2 aromatic carbocycles. The number of carbonyl (C=O) groups excluding carboxylic acids is 2. The number of benzene rings is 2. The number of sulfone groups is 1. The summed E-state index contributed by atoms with van der Waals surface area (Å²) >= 11 is 12.5. The molecule has 0 saturated carbocycles. The lowest BCUT2D eigenvalue weighted by molar-refractivity contribution is -0.183. The van der Waals surface area contributed by atoms with Gasteiger partial charge in [0.1, 0.15) is 11.2 Å². The molecule has 0 aromatic heterocycles. The van der Waals surface area contributed by atoms with Gasteiger partial charge in [0, 0.05) is 48.8 Å². The summed E-state index contributed by atoms with van der Waals surface area (Å²) in [4.78, 5) is 30.0. The molecule has 0 unspecified atom stereocenters. The zero-order valence-electron chi connectivity index (χ0n) is 24.9. The topological polar surface area (TPSA) is 96.5 Å². The number of amides is 2. The Morgan fingerprint density at radius 3 is 2.34 bits per heavy atom. The SMILES string of the molecule is CCS(=O)(=O)c1ccc(Cl)cc1N(C)C(=O)c1cc(Cl)c(CN2CC3(C2)CN(C(=O)OC(C)(C)C)CCO3)c(C(F)(F)F)c1. The molecular formula is C29H34Cl2F3N3O6S. The van der Waals surface area contributed by atoms with Crippen LogP contribution in [0.25, 0.3) is 0 Å². The highest BCUT2D eigenvalue weighted by atomic mass is 35.5. The van der Waals surface area contributed by atoms with E-state index in [4.69, 9.17) is 32.7 Å². The van der Waals surface area contributed by atoms with Crippen molar-refractivity contribution in [2.24, 2.45) is 0 Å². The Morgan fingerprint density at radius 1 is 1.09 bits per heavy atom. The summed E-state index contributed by atoms with van der Waals surface area (Å²) in [7, 11) is -2.54. The van der Waals surface area contributed by atoms with Crippen LogP contribution in [-0.4, -0.2) is 87.0 Å². The molecule has 4 rings (SSSR count). The summed E-state index contributed by atoms with van der Waals surface area (Å²) in [6, 6.07) is 5.72. The van der Waals surface area contributed by atoms with Crippen LogP contribution in [0.1, 0.15) is 49.2 Å². The van der Waals surface area contributed by atoms with Gasteiger partial charge in [-0.3, -0.25) is 9.69 Å². The molecule has 0 radical (unpaired) electrons. The third-order valence-electron chi connectivity index (χ3n) is 7.36. The van der Waals surface area contributed by atoms with E-state index >= 15 is 0 Å². The van der Waals surface area contributed by atoms with Crippen molar-refractivity contribution in [1.29, 1.82) is 0 Å². The largest absolute Gasteiger partial charge is 0.444 e. The first kappa shape index (κ1) is 34.3. The lowest BCUT2D eigenvalue weighted by Crippen LogP contribution is -2.70. The average molecular weight is 681 g/mol. The summed E-state index contributed by atoms with van der Waals surface area (Å²) in [5.41, 5.74) is -3.17. The van der Waals surface area contributed by atoms with Gasteiger partial charge in [-0.2, -0.15) is 13.2 Å². The molecule has 0 aliphatic carbocycles. The first-order valence-electron chi connectivity index (χ1n) is 13.8. The quantitative estimate of drug-likeness (QED) is 0.375. The second kappa shape index (κ2) is 12.3. The second-order valence-corrected chi connectivity index (χ2v) is 15.0. The number of halogens is 5. The summed E-state index contributed by atoms with van der Waals surface area (Å²) < 4.78 is 79.7. The van der Waals surface area contributed by atoms with Crippen molar-refractivity contribution in [2.45, 2.75) is 56.5 Å². The maximum absolute atomic E-state index is 14.3. The third-order valence-corrected chi connectivity index (χ3v) is 9.70. The highest BCUT2D eigenvalue weighted by Crippen LogP contribution is 2.40. The molecule has 2 fully saturated rings. The molecule has 0 N–H and O–H groups in total. The Bertz CT molecular complexity index is 1560. The van der Waals surface area contributed by atoms with Crippen LogP contribution >= 0.6 is 23.2 Å². The van der Waals surface area contributed by atoms with E-state index in [-0.39, 0.29) is 70.3 Å². The van der Waals surface area contributed by atoms with Gasteiger partial charge in [-0.1, -0.05) is 30.1 Å². The summed E-state index contributed by atoms with van der Waals surface area (Å²) in [6.45, 7) is 7.88. The van der Waals surface area contributed by atoms with Crippen molar-refractivity contribution in [1.82, 2.24) is 9.80 Å². The van der Waals surface area contributed by atoms with E-state index in [2.05, 4.69) is 0 Å². The smallest absolute Gasteiger partial charge is 0.416 e. The third kappa shape index (κ3) is 7.44. The van der Waals surface area contributed by atoms with Crippen LogP contribution in [0.2, 0.25) is 10.0 Å². The van der Waals surface area contributed by atoms with Gasteiger partial charge >= 0.3 is 12.3 Å².